The molecule has 0 fully saturated rings. The Hall–Kier alpha value is -2.38. The molecule has 0 aromatic carbocycles. The molecule has 2 N–H and O–H groups in total. The van der Waals surface area contributed by atoms with Crippen molar-refractivity contribution in [2.75, 3.05) is 20.8 Å². The van der Waals surface area contributed by atoms with Crippen molar-refractivity contribution in [1.29, 1.82) is 0 Å². The number of carboxylic acid groups (broad SMARTS) is 1. The van der Waals surface area contributed by atoms with E-state index >= 15 is 0 Å². The second kappa shape index (κ2) is 8.72. The first-order valence-corrected chi connectivity index (χ1v) is 6.53. The second-order valence-corrected chi connectivity index (χ2v) is 4.23. The number of rotatable bonds is 9. The number of amides is 1. The molecule has 1 amide bonds. The van der Waals surface area contributed by atoms with Gasteiger partial charge in [-0.3, -0.25) is 9.59 Å². The third-order valence-electron chi connectivity index (χ3n) is 2.74. The van der Waals surface area contributed by atoms with E-state index in [0.29, 0.717) is 19.4 Å². The van der Waals surface area contributed by atoms with Crippen LogP contribution in [0.4, 0.5) is 0 Å². The Balaban J connectivity index is 2.50. The molecule has 0 aliphatic rings. The highest BCUT2D eigenvalue weighted by Crippen LogP contribution is 2.22. The van der Waals surface area contributed by atoms with Crippen LogP contribution in [0.25, 0.3) is 0 Å². The monoisotopic (exact) mass is 297 g/mol. The number of ether oxygens (including phenoxy) is 2. The van der Waals surface area contributed by atoms with E-state index in [4.69, 9.17) is 14.6 Å². The number of aliphatic carboxylic acids is 1. The molecule has 1 aromatic heterocycles. The lowest BCUT2D eigenvalue weighted by molar-refractivity contribution is -0.137. The molecule has 0 spiro atoms. The first-order chi connectivity index (χ1) is 10.1. The number of aromatic nitrogens is 2. The Morgan fingerprint density at radius 3 is 2.29 bits per heavy atom. The Kier molecular flexibility index (Phi) is 6.93. The molecule has 1 heterocycles. The van der Waals surface area contributed by atoms with Gasteiger partial charge in [-0.2, -0.15) is 0 Å². The Labute approximate surface area is 122 Å². The average molecular weight is 297 g/mol. The summed E-state index contributed by atoms with van der Waals surface area (Å²) in [7, 11) is 2.81. The van der Waals surface area contributed by atoms with Gasteiger partial charge in [-0.05, 0) is 12.8 Å². The molecule has 0 aliphatic heterocycles. The van der Waals surface area contributed by atoms with Crippen molar-refractivity contribution in [3.05, 3.63) is 11.9 Å². The number of hydrogen-bond acceptors (Lipinski definition) is 6. The van der Waals surface area contributed by atoms with Crippen molar-refractivity contribution < 1.29 is 24.2 Å². The number of hydrogen-bond donors (Lipinski definition) is 2. The van der Waals surface area contributed by atoms with E-state index in [-0.39, 0.29) is 29.7 Å². The fourth-order valence-corrected chi connectivity index (χ4v) is 1.73. The van der Waals surface area contributed by atoms with Crippen LogP contribution in [0.1, 0.15) is 36.0 Å². The van der Waals surface area contributed by atoms with Crippen LogP contribution >= 0.6 is 0 Å². The highest BCUT2D eigenvalue weighted by atomic mass is 16.5. The lowest BCUT2D eigenvalue weighted by atomic mass is 10.2. The molecule has 8 nitrogen and oxygen atoms in total. The normalized spacial score (nSPS) is 10.0. The van der Waals surface area contributed by atoms with Crippen LogP contribution in [0, 0.1) is 0 Å². The smallest absolute Gasteiger partial charge is 0.303 e. The second-order valence-electron chi connectivity index (χ2n) is 4.23. The number of carbonyl (C=O) groups excluding carboxylic acids is 1. The number of nitrogens with zero attached hydrogens (tertiary/aromatic N) is 2. The molecule has 0 radical (unpaired) electrons. The van der Waals surface area contributed by atoms with Gasteiger partial charge in [-0.15, -0.1) is 0 Å². The van der Waals surface area contributed by atoms with Gasteiger partial charge in [0.15, 0.2) is 5.56 Å². The molecule has 0 aliphatic carbocycles. The lowest BCUT2D eigenvalue weighted by Gasteiger charge is -2.10. The molecule has 0 atom stereocenters. The van der Waals surface area contributed by atoms with E-state index in [1.165, 1.54) is 20.5 Å². The summed E-state index contributed by atoms with van der Waals surface area (Å²) in [5, 5.41) is 11.2. The topological polar surface area (TPSA) is 111 Å². The van der Waals surface area contributed by atoms with Crippen LogP contribution in [0.5, 0.6) is 11.8 Å². The number of carboxylic acids is 1. The molecule has 8 heteroatoms. The summed E-state index contributed by atoms with van der Waals surface area (Å²) < 4.78 is 10.0. The number of nitrogens with one attached hydrogen (secondary N) is 1. The van der Waals surface area contributed by atoms with Crippen LogP contribution in [-0.4, -0.2) is 47.7 Å². The molecular formula is C13H19N3O5. The van der Waals surface area contributed by atoms with E-state index in [0.717, 1.165) is 6.42 Å². The maximum Gasteiger partial charge on any atom is 0.303 e. The zero-order valence-corrected chi connectivity index (χ0v) is 12.1. The predicted molar refractivity (Wildman–Crippen MR) is 73.6 cm³/mol. The molecule has 0 bridgehead atoms. The molecule has 21 heavy (non-hydrogen) atoms. The van der Waals surface area contributed by atoms with Gasteiger partial charge in [0, 0.05) is 13.0 Å². The summed E-state index contributed by atoms with van der Waals surface area (Å²) >= 11 is 0. The number of methoxy groups -OCH3 is 2. The maximum absolute atomic E-state index is 12.1. The van der Waals surface area contributed by atoms with E-state index in [9.17, 15) is 9.59 Å². The minimum Gasteiger partial charge on any atom is -0.481 e. The maximum atomic E-state index is 12.1. The van der Waals surface area contributed by atoms with Gasteiger partial charge in [-0.25, -0.2) is 9.97 Å². The summed E-state index contributed by atoms with van der Waals surface area (Å²) in [6.07, 6.45) is 3.40. The van der Waals surface area contributed by atoms with Crippen LogP contribution < -0.4 is 14.8 Å². The number of unbranched alkanes of at least 4 members (excludes halogenated alkanes) is 2. The molecule has 1 aromatic rings. The van der Waals surface area contributed by atoms with Gasteiger partial charge < -0.3 is 19.9 Å². The molecule has 0 saturated heterocycles. The predicted octanol–water partition coefficient (Wildman–Crippen LogP) is 0.869. The Morgan fingerprint density at radius 2 is 1.76 bits per heavy atom. The van der Waals surface area contributed by atoms with Crippen molar-refractivity contribution in [1.82, 2.24) is 15.3 Å². The summed E-state index contributed by atoms with van der Waals surface area (Å²) in [5.74, 6) is -0.909. The zero-order chi connectivity index (χ0) is 15.7. The van der Waals surface area contributed by atoms with Gasteiger partial charge in [0.25, 0.3) is 5.91 Å². The van der Waals surface area contributed by atoms with Crippen LogP contribution in [0.3, 0.4) is 0 Å². The third kappa shape index (κ3) is 5.25. The van der Waals surface area contributed by atoms with Crippen molar-refractivity contribution in [2.45, 2.75) is 25.7 Å². The van der Waals surface area contributed by atoms with Crippen molar-refractivity contribution in [3.63, 3.8) is 0 Å². The standard InChI is InChI=1S/C13H19N3O5/c1-20-12-10(13(21-2)16-8-15-12)11(19)14-7-5-3-4-6-9(17)18/h8H,3-7H2,1-2H3,(H,14,19)(H,17,18). The average Bonchev–Trinajstić information content (AvgIpc) is 2.49. The fourth-order valence-electron chi connectivity index (χ4n) is 1.73. The zero-order valence-electron chi connectivity index (χ0n) is 12.1. The van der Waals surface area contributed by atoms with Gasteiger partial charge >= 0.3 is 5.97 Å². The van der Waals surface area contributed by atoms with E-state index in [1.54, 1.807) is 0 Å². The van der Waals surface area contributed by atoms with E-state index in [2.05, 4.69) is 15.3 Å². The van der Waals surface area contributed by atoms with Gasteiger partial charge in [-0.1, -0.05) is 6.42 Å². The largest absolute Gasteiger partial charge is 0.481 e. The van der Waals surface area contributed by atoms with Gasteiger partial charge in [0.2, 0.25) is 11.8 Å². The highest BCUT2D eigenvalue weighted by molar-refractivity contribution is 5.98. The fraction of sp³-hybridized carbons (Fsp3) is 0.538. The third-order valence-corrected chi connectivity index (χ3v) is 2.74. The number of carbonyl (C=O) groups is 2. The first kappa shape index (κ1) is 16.7. The Bertz CT molecular complexity index is 470. The van der Waals surface area contributed by atoms with Crippen molar-refractivity contribution in [3.8, 4) is 11.8 Å². The van der Waals surface area contributed by atoms with Crippen molar-refractivity contribution in [2.24, 2.45) is 0 Å². The van der Waals surface area contributed by atoms with Crippen LogP contribution in [-0.2, 0) is 4.79 Å². The van der Waals surface area contributed by atoms with Gasteiger partial charge in [0.05, 0.1) is 14.2 Å². The van der Waals surface area contributed by atoms with E-state index < -0.39 is 5.97 Å². The SMILES string of the molecule is COc1ncnc(OC)c1C(=O)NCCCCCC(=O)O. The summed E-state index contributed by atoms with van der Waals surface area (Å²) in [6.45, 7) is 0.430. The summed E-state index contributed by atoms with van der Waals surface area (Å²) in [5.41, 5.74) is 0.146. The Morgan fingerprint density at radius 1 is 1.14 bits per heavy atom. The molecule has 1 rings (SSSR count). The van der Waals surface area contributed by atoms with Crippen LogP contribution in [0.2, 0.25) is 0 Å². The lowest BCUT2D eigenvalue weighted by Crippen LogP contribution is -2.26. The highest BCUT2D eigenvalue weighted by Gasteiger charge is 2.20. The summed E-state index contributed by atoms with van der Waals surface area (Å²) in [6, 6.07) is 0. The quantitative estimate of drug-likeness (QED) is 0.650. The molecule has 0 unspecified atom stereocenters. The summed E-state index contributed by atoms with van der Waals surface area (Å²) in [4.78, 5) is 30.2. The molecule has 0 saturated carbocycles. The molecule has 116 valence electrons. The van der Waals surface area contributed by atoms with E-state index in [1.807, 2.05) is 0 Å². The molecular weight excluding hydrogens is 278 g/mol. The van der Waals surface area contributed by atoms with Crippen LogP contribution in [0.15, 0.2) is 6.33 Å². The minimum absolute atomic E-state index is 0.141. The minimum atomic E-state index is -0.810. The van der Waals surface area contributed by atoms with Gasteiger partial charge in [0.1, 0.15) is 6.33 Å². The first-order valence-electron chi connectivity index (χ1n) is 6.53. The van der Waals surface area contributed by atoms with Crippen molar-refractivity contribution >= 4 is 11.9 Å².